The van der Waals surface area contributed by atoms with Crippen LogP contribution >= 0.6 is 0 Å². The van der Waals surface area contributed by atoms with Gasteiger partial charge in [-0.1, -0.05) is 19.9 Å². The van der Waals surface area contributed by atoms with Gasteiger partial charge in [0.1, 0.15) is 5.22 Å². The van der Waals surface area contributed by atoms with Crippen LogP contribution in [-0.4, -0.2) is 59.0 Å². The highest BCUT2D eigenvalue weighted by molar-refractivity contribution is 6.71. The number of carbonyl (C=O) groups excluding carboxylic acids is 1. The summed E-state index contributed by atoms with van der Waals surface area (Å²) in [6, 6.07) is 0.835. The van der Waals surface area contributed by atoms with Crippen LogP contribution in [0.5, 0.6) is 0 Å². The number of hydrogen-bond acceptors (Lipinski definition) is 4. The number of hydrogen-bond donors (Lipinski definition) is 0. The van der Waals surface area contributed by atoms with Crippen molar-refractivity contribution in [1.82, 2.24) is 4.90 Å². The molecule has 1 fully saturated rings. The minimum atomic E-state index is -2.58. The van der Waals surface area contributed by atoms with Crippen LogP contribution in [0, 0.1) is 0 Å². The Hall–Kier alpha value is -0.693. The average Bonchev–Trinajstić information content (AvgIpc) is 2.53. The van der Waals surface area contributed by atoms with Crippen LogP contribution in [0.25, 0.3) is 0 Å². The summed E-state index contributed by atoms with van der Waals surface area (Å²) in [5.41, 5.74) is 0.539. The lowest BCUT2D eigenvalue weighted by molar-refractivity contribution is -0.136. The molecule has 0 aromatic heterocycles. The van der Waals surface area contributed by atoms with E-state index in [9.17, 15) is 4.79 Å². The fraction of sp³-hybridized carbons (Fsp3) is 0.812. The van der Waals surface area contributed by atoms with E-state index < -0.39 is 13.8 Å². The molecule has 0 radical (unpaired) electrons. The zero-order valence-electron chi connectivity index (χ0n) is 14.9. The second-order valence-corrected chi connectivity index (χ2v) is 9.78. The third-order valence-corrected chi connectivity index (χ3v) is 9.37. The first-order valence-corrected chi connectivity index (χ1v) is 9.96. The summed E-state index contributed by atoms with van der Waals surface area (Å²) in [4.78, 5) is 14.2. The van der Waals surface area contributed by atoms with Crippen LogP contribution in [0.3, 0.4) is 0 Å². The van der Waals surface area contributed by atoms with Crippen molar-refractivity contribution in [2.24, 2.45) is 0 Å². The van der Waals surface area contributed by atoms with Crippen molar-refractivity contribution in [3.05, 3.63) is 12.2 Å². The molecule has 5 nitrogen and oxygen atoms in total. The van der Waals surface area contributed by atoms with E-state index in [0.29, 0.717) is 5.57 Å². The van der Waals surface area contributed by atoms with Crippen molar-refractivity contribution in [1.29, 1.82) is 0 Å². The van der Waals surface area contributed by atoms with Gasteiger partial charge in [0, 0.05) is 34.0 Å². The molecule has 2 atom stereocenters. The Kier molecular flexibility index (Phi) is 6.79. The number of methoxy groups -OCH3 is 1. The molecule has 128 valence electrons. The van der Waals surface area contributed by atoms with E-state index in [4.69, 9.17) is 13.6 Å². The molecule has 0 aromatic rings. The maximum absolute atomic E-state index is 12.4. The van der Waals surface area contributed by atoms with E-state index in [1.54, 1.807) is 33.2 Å². The minimum Gasteiger partial charge on any atom is -0.396 e. The Balaban J connectivity index is 3.34. The van der Waals surface area contributed by atoms with Crippen molar-refractivity contribution in [3.63, 3.8) is 0 Å². The first-order valence-electron chi connectivity index (χ1n) is 7.93. The van der Waals surface area contributed by atoms with Crippen LogP contribution < -0.4 is 0 Å². The summed E-state index contributed by atoms with van der Waals surface area (Å²) in [6.07, 6.45) is 3.63. The minimum absolute atomic E-state index is 0.0421. The van der Waals surface area contributed by atoms with Crippen LogP contribution in [0.15, 0.2) is 12.2 Å². The normalized spacial score (nSPS) is 27.5. The van der Waals surface area contributed by atoms with Gasteiger partial charge in [-0.05, 0) is 32.2 Å². The molecule has 1 aliphatic rings. The van der Waals surface area contributed by atoms with Gasteiger partial charge in [-0.2, -0.15) is 0 Å². The molecule has 0 spiro atoms. The molecule has 0 aliphatic carbocycles. The first-order chi connectivity index (χ1) is 10.4. The first kappa shape index (κ1) is 19.4. The zero-order valence-corrected chi connectivity index (χ0v) is 15.9. The smallest absolute Gasteiger partial charge is 0.372 e. The maximum atomic E-state index is 12.4. The Bertz CT molecular complexity index is 411. The van der Waals surface area contributed by atoms with Crippen LogP contribution in [0.2, 0.25) is 6.04 Å². The number of likely N-dealkylation sites (N-methyl/N-ethyl adjacent to an activating group) is 1. The van der Waals surface area contributed by atoms with Crippen molar-refractivity contribution in [2.75, 3.05) is 28.4 Å². The number of nitrogens with zero attached hydrogens (tertiary/aromatic N) is 1. The van der Waals surface area contributed by atoms with Gasteiger partial charge < -0.3 is 18.5 Å². The third-order valence-electron chi connectivity index (χ3n) is 4.96. The predicted octanol–water partition coefficient (Wildman–Crippen LogP) is 2.64. The molecule has 0 saturated carbocycles. The standard InChI is InChI=1S/C16H31NO4Si/c1-8-11-16(19-5)14(17(4)15(18)13(2)3)10-9-12-22(16,20-6)21-7/h14H,2,8-12H2,1,3-7H3. The van der Waals surface area contributed by atoms with E-state index in [2.05, 4.69) is 13.5 Å². The molecule has 0 N–H and O–H groups in total. The van der Waals surface area contributed by atoms with Crippen molar-refractivity contribution >= 4 is 14.5 Å². The Labute approximate surface area is 135 Å². The lowest BCUT2D eigenvalue weighted by Gasteiger charge is -2.54. The van der Waals surface area contributed by atoms with Crippen molar-refractivity contribution in [2.45, 2.75) is 56.8 Å². The highest BCUT2D eigenvalue weighted by atomic mass is 28.4. The molecular formula is C16H31NO4Si. The van der Waals surface area contributed by atoms with E-state index in [1.165, 1.54) is 0 Å². The van der Waals surface area contributed by atoms with Gasteiger partial charge in [0.2, 0.25) is 5.91 Å². The highest BCUT2D eigenvalue weighted by Gasteiger charge is 2.64. The summed E-state index contributed by atoms with van der Waals surface area (Å²) in [7, 11) is 4.39. The maximum Gasteiger partial charge on any atom is 0.372 e. The third kappa shape index (κ3) is 3.02. The summed E-state index contributed by atoms with van der Waals surface area (Å²) in [6.45, 7) is 7.65. The monoisotopic (exact) mass is 329 g/mol. The highest BCUT2D eigenvalue weighted by Crippen LogP contribution is 2.45. The van der Waals surface area contributed by atoms with E-state index in [-0.39, 0.29) is 11.9 Å². The largest absolute Gasteiger partial charge is 0.396 e. The molecule has 1 amide bonds. The van der Waals surface area contributed by atoms with Crippen LogP contribution in [0.1, 0.15) is 39.5 Å². The van der Waals surface area contributed by atoms with Crippen LogP contribution in [-0.2, 0) is 18.4 Å². The second-order valence-electron chi connectivity index (χ2n) is 6.11. The number of carbonyl (C=O) groups is 1. The average molecular weight is 330 g/mol. The van der Waals surface area contributed by atoms with Gasteiger partial charge in [-0.25, -0.2) is 0 Å². The summed E-state index contributed by atoms with van der Waals surface area (Å²) in [5, 5.41) is -0.552. The number of rotatable bonds is 7. The molecule has 1 heterocycles. The second kappa shape index (κ2) is 7.72. The SMILES string of the molecule is C=C(C)C(=O)N(C)C1CCC[Si](OC)(OC)C1(CCC)OC. The van der Waals surface area contributed by atoms with E-state index in [0.717, 1.165) is 31.7 Å². The van der Waals surface area contributed by atoms with E-state index in [1.807, 2.05) is 7.05 Å². The lowest BCUT2D eigenvalue weighted by atomic mass is 9.97. The molecule has 0 aromatic carbocycles. The van der Waals surface area contributed by atoms with Gasteiger partial charge in [0.15, 0.2) is 0 Å². The Morgan fingerprint density at radius 1 is 1.36 bits per heavy atom. The van der Waals surface area contributed by atoms with Gasteiger partial charge >= 0.3 is 8.56 Å². The lowest BCUT2D eigenvalue weighted by Crippen LogP contribution is -2.73. The number of ether oxygens (including phenoxy) is 1. The fourth-order valence-electron chi connectivity index (χ4n) is 3.93. The predicted molar refractivity (Wildman–Crippen MR) is 89.8 cm³/mol. The van der Waals surface area contributed by atoms with Gasteiger partial charge in [0.25, 0.3) is 0 Å². The molecule has 1 saturated heterocycles. The molecule has 2 unspecified atom stereocenters. The molecule has 6 heteroatoms. The topological polar surface area (TPSA) is 48.0 Å². The molecule has 0 bridgehead atoms. The van der Waals surface area contributed by atoms with Crippen molar-refractivity contribution < 1.29 is 18.4 Å². The molecule has 1 rings (SSSR count). The van der Waals surface area contributed by atoms with E-state index >= 15 is 0 Å². The Morgan fingerprint density at radius 3 is 2.36 bits per heavy atom. The summed E-state index contributed by atoms with van der Waals surface area (Å²) in [5.74, 6) is -0.0421. The van der Waals surface area contributed by atoms with Gasteiger partial charge in [-0.3, -0.25) is 4.79 Å². The quantitative estimate of drug-likeness (QED) is 0.532. The summed E-state index contributed by atoms with van der Waals surface area (Å²) >= 11 is 0. The van der Waals surface area contributed by atoms with Gasteiger partial charge in [-0.15, -0.1) is 0 Å². The van der Waals surface area contributed by atoms with Gasteiger partial charge in [0.05, 0.1) is 6.04 Å². The number of amides is 1. The molecular weight excluding hydrogens is 298 g/mol. The Morgan fingerprint density at radius 2 is 1.95 bits per heavy atom. The zero-order chi connectivity index (χ0) is 17.0. The molecule has 1 aliphatic heterocycles. The van der Waals surface area contributed by atoms with Crippen LogP contribution in [0.4, 0.5) is 0 Å². The van der Waals surface area contributed by atoms with Crippen molar-refractivity contribution in [3.8, 4) is 0 Å². The summed E-state index contributed by atoms with van der Waals surface area (Å²) < 4.78 is 17.9. The fourth-order valence-corrected chi connectivity index (χ4v) is 8.08. The molecule has 22 heavy (non-hydrogen) atoms.